The zero-order chi connectivity index (χ0) is 11.7. The van der Waals surface area contributed by atoms with Gasteiger partial charge in [-0.3, -0.25) is 9.20 Å². The van der Waals surface area contributed by atoms with Gasteiger partial charge in [0.2, 0.25) is 0 Å². The zero-order valence-corrected chi connectivity index (χ0v) is 9.21. The smallest absolute Gasteiger partial charge is 0.255 e. The van der Waals surface area contributed by atoms with Crippen LogP contribution in [-0.4, -0.2) is 4.40 Å². The summed E-state index contributed by atoms with van der Waals surface area (Å²) in [6, 6.07) is 19.3. The second kappa shape index (κ2) is 3.91. The van der Waals surface area contributed by atoms with Crippen molar-refractivity contribution >= 4 is 5.52 Å². The molecule has 0 aliphatic rings. The van der Waals surface area contributed by atoms with E-state index in [0.717, 1.165) is 16.6 Å². The quantitative estimate of drug-likeness (QED) is 0.619. The van der Waals surface area contributed by atoms with Crippen LogP contribution in [-0.2, 0) is 0 Å². The second-order valence-corrected chi connectivity index (χ2v) is 3.94. The van der Waals surface area contributed by atoms with E-state index >= 15 is 0 Å². The summed E-state index contributed by atoms with van der Waals surface area (Å²) in [4.78, 5) is 11.7. The molecule has 3 rings (SSSR count). The highest BCUT2D eigenvalue weighted by molar-refractivity contribution is 5.65. The fraction of sp³-hybridized carbons (Fsp3) is 0. The first-order chi connectivity index (χ1) is 8.34. The molecule has 0 N–H and O–H groups in total. The monoisotopic (exact) mass is 221 g/mol. The first kappa shape index (κ1) is 9.85. The van der Waals surface area contributed by atoms with Crippen molar-refractivity contribution in [3.05, 3.63) is 77.2 Å². The summed E-state index contributed by atoms with van der Waals surface area (Å²) in [6.45, 7) is 0. The molecule has 0 bridgehead atoms. The van der Waals surface area contributed by atoms with Gasteiger partial charge in [-0.1, -0.05) is 42.5 Å². The number of fused-ring (bicyclic) bond motifs is 1. The second-order valence-electron chi connectivity index (χ2n) is 3.94. The van der Waals surface area contributed by atoms with Crippen molar-refractivity contribution in [2.24, 2.45) is 0 Å². The molecule has 1 aromatic carbocycles. The Morgan fingerprint density at radius 2 is 1.53 bits per heavy atom. The van der Waals surface area contributed by atoms with Crippen LogP contribution in [0.1, 0.15) is 0 Å². The van der Waals surface area contributed by atoms with Gasteiger partial charge in [-0.25, -0.2) is 0 Å². The third-order valence-corrected chi connectivity index (χ3v) is 2.83. The predicted molar refractivity (Wildman–Crippen MR) is 69.1 cm³/mol. The molecule has 0 fully saturated rings. The third kappa shape index (κ3) is 1.74. The highest BCUT2D eigenvalue weighted by atomic mass is 16.1. The largest absolute Gasteiger partial charge is 0.284 e. The van der Waals surface area contributed by atoms with Crippen LogP contribution >= 0.6 is 0 Å². The van der Waals surface area contributed by atoms with E-state index in [9.17, 15) is 4.79 Å². The van der Waals surface area contributed by atoms with Crippen LogP contribution in [0, 0.1) is 0 Å². The maximum atomic E-state index is 11.7. The Bertz CT molecular complexity index is 714. The predicted octanol–water partition coefficient (Wildman–Crippen LogP) is 2.97. The van der Waals surface area contributed by atoms with Gasteiger partial charge >= 0.3 is 0 Å². The molecule has 0 unspecified atom stereocenters. The van der Waals surface area contributed by atoms with Crippen LogP contribution in [0.25, 0.3) is 16.6 Å². The molecule has 0 aliphatic carbocycles. The standard InChI is InChI=1S/C15H11NO/c17-15-8-4-7-14-10-9-13(11-16(14)15)12-5-2-1-3-6-12/h1-11H. The third-order valence-electron chi connectivity index (χ3n) is 2.83. The Morgan fingerprint density at radius 1 is 0.706 bits per heavy atom. The van der Waals surface area contributed by atoms with E-state index in [2.05, 4.69) is 0 Å². The first-order valence-corrected chi connectivity index (χ1v) is 5.51. The molecular formula is C15H11NO. The SMILES string of the molecule is O=c1cccc2ccc(-c3ccccc3)cn12. The van der Waals surface area contributed by atoms with E-state index in [4.69, 9.17) is 0 Å². The molecular weight excluding hydrogens is 210 g/mol. The van der Waals surface area contributed by atoms with Crippen molar-refractivity contribution in [1.29, 1.82) is 0 Å². The van der Waals surface area contributed by atoms with Gasteiger partial charge in [-0.2, -0.15) is 0 Å². The maximum absolute atomic E-state index is 11.7. The van der Waals surface area contributed by atoms with E-state index in [1.165, 1.54) is 0 Å². The Morgan fingerprint density at radius 3 is 2.35 bits per heavy atom. The number of nitrogens with zero attached hydrogens (tertiary/aromatic N) is 1. The number of hydrogen-bond donors (Lipinski definition) is 0. The summed E-state index contributed by atoms with van der Waals surface area (Å²) in [7, 11) is 0. The topological polar surface area (TPSA) is 21.5 Å². The molecule has 0 radical (unpaired) electrons. The molecule has 2 heterocycles. The number of hydrogen-bond acceptors (Lipinski definition) is 1. The van der Waals surface area contributed by atoms with Gasteiger partial charge in [-0.05, 0) is 23.3 Å². The lowest BCUT2D eigenvalue weighted by Gasteiger charge is -2.04. The lowest BCUT2D eigenvalue weighted by atomic mass is 10.1. The summed E-state index contributed by atoms with van der Waals surface area (Å²) in [6.07, 6.45) is 1.88. The Kier molecular flexibility index (Phi) is 2.26. The number of pyridine rings is 2. The Hall–Kier alpha value is -2.35. The molecule has 0 spiro atoms. The molecule has 82 valence electrons. The van der Waals surface area contributed by atoms with Crippen molar-refractivity contribution in [2.45, 2.75) is 0 Å². The zero-order valence-electron chi connectivity index (χ0n) is 9.21. The minimum atomic E-state index is 0.000260. The molecule has 17 heavy (non-hydrogen) atoms. The normalized spacial score (nSPS) is 10.6. The summed E-state index contributed by atoms with van der Waals surface area (Å²) < 4.78 is 1.67. The molecule has 0 saturated heterocycles. The number of benzene rings is 1. The van der Waals surface area contributed by atoms with Gasteiger partial charge < -0.3 is 0 Å². The van der Waals surface area contributed by atoms with Crippen LogP contribution in [0.15, 0.2) is 71.7 Å². The highest BCUT2D eigenvalue weighted by Gasteiger charge is 1.99. The van der Waals surface area contributed by atoms with Crippen LogP contribution in [0.3, 0.4) is 0 Å². The first-order valence-electron chi connectivity index (χ1n) is 5.51. The van der Waals surface area contributed by atoms with Crippen molar-refractivity contribution in [1.82, 2.24) is 4.40 Å². The van der Waals surface area contributed by atoms with Gasteiger partial charge in [0, 0.05) is 17.8 Å². The van der Waals surface area contributed by atoms with Crippen molar-refractivity contribution in [2.75, 3.05) is 0 Å². The average molecular weight is 221 g/mol. The van der Waals surface area contributed by atoms with E-state index in [1.54, 1.807) is 16.5 Å². The van der Waals surface area contributed by atoms with Gasteiger partial charge in [0.25, 0.3) is 5.56 Å². The minimum absolute atomic E-state index is 0.000260. The van der Waals surface area contributed by atoms with Crippen LogP contribution in [0.5, 0.6) is 0 Å². The molecule has 2 aromatic heterocycles. The highest BCUT2D eigenvalue weighted by Crippen LogP contribution is 2.18. The van der Waals surface area contributed by atoms with Crippen LogP contribution in [0.2, 0.25) is 0 Å². The molecule has 2 heteroatoms. The van der Waals surface area contributed by atoms with Crippen LogP contribution in [0.4, 0.5) is 0 Å². The lowest BCUT2D eigenvalue weighted by Crippen LogP contribution is -2.10. The summed E-state index contributed by atoms with van der Waals surface area (Å²) in [5.74, 6) is 0. The van der Waals surface area contributed by atoms with Crippen molar-refractivity contribution < 1.29 is 0 Å². The molecule has 3 aromatic rings. The molecule has 0 aliphatic heterocycles. The Labute approximate surface area is 98.8 Å². The van der Waals surface area contributed by atoms with Crippen molar-refractivity contribution in [3.63, 3.8) is 0 Å². The van der Waals surface area contributed by atoms with Gasteiger partial charge in [0.15, 0.2) is 0 Å². The van der Waals surface area contributed by atoms with E-state index in [1.807, 2.05) is 54.7 Å². The minimum Gasteiger partial charge on any atom is -0.284 e. The molecule has 0 amide bonds. The van der Waals surface area contributed by atoms with E-state index in [-0.39, 0.29) is 5.56 Å². The lowest BCUT2D eigenvalue weighted by molar-refractivity contribution is 1.10. The summed E-state index contributed by atoms with van der Waals surface area (Å²) >= 11 is 0. The maximum Gasteiger partial charge on any atom is 0.255 e. The fourth-order valence-electron chi connectivity index (χ4n) is 1.95. The fourth-order valence-corrected chi connectivity index (χ4v) is 1.95. The van der Waals surface area contributed by atoms with Gasteiger partial charge in [0.05, 0.1) is 0 Å². The summed E-state index contributed by atoms with van der Waals surface area (Å²) in [5, 5.41) is 0. The van der Waals surface area contributed by atoms with Gasteiger partial charge in [-0.15, -0.1) is 0 Å². The van der Waals surface area contributed by atoms with Crippen LogP contribution < -0.4 is 5.56 Å². The number of rotatable bonds is 1. The molecule has 0 saturated carbocycles. The van der Waals surface area contributed by atoms with Gasteiger partial charge in [0.1, 0.15) is 0 Å². The molecule has 0 atom stereocenters. The summed E-state index contributed by atoms with van der Waals surface area (Å²) in [5.41, 5.74) is 3.08. The Balaban J connectivity index is 2.27. The van der Waals surface area contributed by atoms with E-state index in [0.29, 0.717) is 0 Å². The van der Waals surface area contributed by atoms with Crippen molar-refractivity contribution in [3.8, 4) is 11.1 Å². The van der Waals surface area contributed by atoms with E-state index < -0.39 is 0 Å². The molecule has 2 nitrogen and oxygen atoms in total. The number of aromatic nitrogens is 1. The average Bonchev–Trinajstić information content (AvgIpc) is 2.40.